The van der Waals surface area contributed by atoms with E-state index in [0.29, 0.717) is 11.4 Å². The van der Waals surface area contributed by atoms with Gasteiger partial charge in [-0.25, -0.2) is 0 Å². The number of methoxy groups -OCH3 is 1. The number of hydrogen-bond acceptors (Lipinski definition) is 4. The molecule has 0 unspecified atom stereocenters. The number of aromatic nitrogens is 2. The van der Waals surface area contributed by atoms with Crippen LogP contribution in [-0.4, -0.2) is 22.8 Å². The van der Waals surface area contributed by atoms with Crippen molar-refractivity contribution in [2.24, 2.45) is 0 Å². The summed E-state index contributed by atoms with van der Waals surface area (Å²) in [7, 11) is 1.40. The van der Waals surface area contributed by atoms with Crippen LogP contribution in [0.5, 0.6) is 5.75 Å². The SMILES string of the molecule is COc1cc(=O)n(-c2ccccc2C)nc1C(=O)Nc1ccc(C)cc1. The normalized spacial score (nSPS) is 10.4. The lowest BCUT2D eigenvalue weighted by molar-refractivity contribution is 0.101. The van der Waals surface area contributed by atoms with Crippen molar-refractivity contribution < 1.29 is 9.53 Å². The summed E-state index contributed by atoms with van der Waals surface area (Å²) in [6.45, 7) is 3.84. The molecule has 6 heteroatoms. The molecule has 0 aliphatic heterocycles. The summed E-state index contributed by atoms with van der Waals surface area (Å²) in [5, 5.41) is 7.03. The molecule has 1 N–H and O–H groups in total. The minimum absolute atomic E-state index is 0.0379. The minimum atomic E-state index is -0.451. The van der Waals surface area contributed by atoms with Crippen LogP contribution >= 0.6 is 0 Å². The summed E-state index contributed by atoms with van der Waals surface area (Å²) in [5.41, 5.74) is 2.88. The molecule has 1 amide bonds. The number of nitrogens with zero attached hydrogens (tertiary/aromatic N) is 2. The number of benzene rings is 2. The second-order valence-electron chi connectivity index (χ2n) is 5.92. The van der Waals surface area contributed by atoms with E-state index in [1.807, 2.05) is 44.2 Å². The maximum Gasteiger partial charge on any atom is 0.279 e. The average Bonchev–Trinajstić information content (AvgIpc) is 2.64. The van der Waals surface area contributed by atoms with Crippen LogP contribution in [0.3, 0.4) is 0 Å². The summed E-state index contributed by atoms with van der Waals surface area (Å²) < 4.78 is 6.40. The van der Waals surface area contributed by atoms with Crippen LogP contribution in [0.2, 0.25) is 0 Å². The van der Waals surface area contributed by atoms with E-state index in [2.05, 4.69) is 10.4 Å². The van der Waals surface area contributed by atoms with E-state index in [1.165, 1.54) is 17.9 Å². The largest absolute Gasteiger partial charge is 0.494 e. The standard InChI is InChI=1S/C20H19N3O3/c1-13-8-10-15(11-9-13)21-20(25)19-17(26-3)12-18(24)23(22-19)16-7-5-4-6-14(16)2/h4-12H,1-3H3,(H,21,25). The van der Waals surface area contributed by atoms with Gasteiger partial charge in [0.05, 0.1) is 18.9 Å². The van der Waals surface area contributed by atoms with Crippen LogP contribution in [-0.2, 0) is 0 Å². The topological polar surface area (TPSA) is 73.2 Å². The van der Waals surface area contributed by atoms with Crippen molar-refractivity contribution >= 4 is 11.6 Å². The Balaban J connectivity index is 2.04. The predicted molar refractivity (Wildman–Crippen MR) is 100 cm³/mol. The Kier molecular flexibility index (Phi) is 4.84. The second-order valence-corrected chi connectivity index (χ2v) is 5.92. The molecular formula is C20H19N3O3. The monoisotopic (exact) mass is 349 g/mol. The van der Waals surface area contributed by atoms with Crippen molar-refractivity contribution in [1.29, 1.82) is 0 Å². The van der Waals surface area contributed by atoms with Crippen LogP contribution < -0.4 is 15.6 Å². The molecule has 0 saturated heterocycles. The molecular weight excluding hydrogens is 330 g/mol. The number of nitrogens with one attached hydrogen (secondary N) is 1. The fourth-order valence-electron chi connectivity index (χ4n) is 2.55. The average molecular weight is 349 g/mol. The molecule has 1 aromatic heterocycles. The van der Waals surface area contributed by atoms with Gasteiger partial charge in [0, 0.05) is 5.69 Å². The van der Waals surface area contributed by atoms with E-state index in [9.17, 15) is 9.59 Å². The van der Waals surface area contributed by atoms with Gasteiger partial charge in [-0.3, -0.25) is 9.59 Å². The zero-order valence-corrected chi connectivity index (χ0v) is 14.8. The molecule has 0 radical (unpaired) electrons. The molecule has 0 atom stereocenters. The molecule has 3 aromatic rings. The molecule has 2 aromatic carbocycles. The lowest BCUT2D eigenvalue weighted by atomic mass is 10.2. The highest BCUT2D eigenvalue weighted by molar-refractivity contribution is 6.04. The summed E-state index contributed by atoms with van der Waals surface area (Å²) >= 11 is 0. The zero-order chi connectivity index (χ0) is 18.7. The van der Waals surface area contributed by atoms with E-state index in [-0.39, 0.29) is 17.0 Å². The maximum atomic E-state index is 12.7. The van der Waals surface area contributed by atoms with Crippen molar-refractivity contribution in [3.8, 4) is 11.4 Å². The van der Waals surface area contributed by atoms with E-state index >= 15 is 0 Å². The molecule has 6 nitrogen and oxygen atoms in total. The smallest absolute Gasteiger partial charge is 0.279 e. The maximum absolute atomic E-state index is 12.7. The van der Waals surface area contributed by atoms with Gasteiger partial charge in [-0.15, -0.1) is 0 Å². The van der Waals surface area contributed by atoms with E-state index in [4.69, 9.17) is 4.74 Å². The number of carbonyl (C=O) groups is 1. The third-order valence-electron chi connectivity index (χ3n) is 3.98. The number of para-hydroxylation sites is 1. The Morgan fingerprint density at radius 3 is 2.42 bits per heavy atom. The first-order valence-corrected chi connectivity index (χ1v) is 8.12. The highest BCUT2D eigenvalue weighted by Crippen LogP contribution is 2.18. The van der Waals surface area contributed by atoms with Gasteiger partial charge in [-0.05, 0) is 37.6 Å². The Hall–Kier alpha value is -3.41. The highest BCUT2D eigenvalue weighted by atomic mass is 16.5. The fraction of sp³-hybridized carbons (Fsp3) is 0.150. The van der Waals surface area contributed by atoms with Crippen LogP contribution in [0.4, 0.5) is 5.69 Å². The molecule has 3 rings (SSSR count). The van der Waals surface area contributed by atoms with Crippen LogP contribution in [0.25, 0.3) is 5.69 Å². The summed E-state index contributed by atoms with van der Waals surface area (Å²) in [5.74, 6) is -0.322. The molecule has 0 fully saturated rings. The Morgan fingerprint density at radius 2 is 1.77 bits per heavy atom. The first kappa shape index (κ1) is 17.4. The second kappa shape index (κ2) is 7.23. The third kappa shape index (κ3) is 3.49. The molecule has 0 saturated carbocycles. The van der Waals surface area contributed by atoms with Crippen molar-refractivity contribution in [1.82, 2.24) is 9.78 Å². The van der Waals surface area contributed by atoms with E-state index < -0.39 is 5.91 Å². The van der Waals surface area contributed by atoms with Crippen molar-refractivity contribution in [3.05, 3.63) is 81.8 Å². The molecule has 26 heavy (non-hydrogen) atoms. The molecule has 132 valence electrons. The van der Waals surface area contributed by atoms with Gasteiger partial charge in [0.15, 0.2) is 11.4 Å². The number of amides is 1. The van der Waals surface area contributed by atoms with E-state index in [0.717, 1.165) is 11.1 Å². The Morgan fingerprint density at radius 1 is 1.08 bits per heavy atom. The minimum Gasteiger partial charge on any atom is -0.494 e. The third-order valence-corrected chi connectivity index (χ3v) is 3.98. The van der Waals surface area contributed by atoms with Gasteiger partial charge < -0.3 is 10.1 Å². The van der Waals surface area contributed by atoms with Gasteiger partial charge in [-0.1, -0.05) is 35.9 Å². The molecule has 0 spiro atoms. The van der Waals surface area contributed by atoms with Crippen molar-refractivity contribution in [3.63, 3.8) is 0 Å². The van der Waals surface area contributed by atoms with Crippen molar-refractivity contribution in [2.45, 2.75) is 13.8 Å². The quantitative estimate of drug-likeness (QED) is 0.785. The first-order chi connectivity index (χ1) is 12.5. The predicted octanol–water partition coefficient (Wildman–Crippen LogP) is 3.11. The lowest BCUT2D eigenvalue weighted by Gasteiger charge is -2.12. The van der Waals surface area contributed by atoms with Gasteiger partial charge in [0.2, 0.25) is 0 Å². The molecule has 1 heterocycles. The molecule has 0 aliphatic rings. The number of rotatable bonds is 4. The van der Waals surface area contributed by atoms with Gasteiger partial charge in [0.1, 0.15) is 0 Å². The van der Waals surface area contributed by atoms with Crippen LogP contribution in [0.15, 0.2) is 59.4 Å². The Labute approximate surface area is 151 Å². The number of aryl methyl sites for hydroxylation is 2. The van der Waals surface area contributed by atoms with Crippen LogP contribution in [0.1, 0.15) is 21.6 Å². The van der Waals surface area contributed by atoms with Gasteiger partial charge in [0.25, 0.3) is 11.5 Å². The summed E-state index contributed by atoms with van der Waals surface area (Å²) in [4.78, 5) is 25.1. The number of carbonyl (C=O) groups excluding carboxylic acids is 1. The number of anilines is 1. The highest BCUT2D eigenvalue weighted by Gasteiger charge is 2.18. The van der Waals surface area contributed by atoms with Gasteiger partial charge in [-0.2, -0.15) is 9.78 Å². The molecule has 0 aliphatic carbocycles. The number of ether oxygens (including phenoxy) is 1. The van der Waals surface area contributed by atoms with Crippen LogP contribution in [0, 0.1) is 13.8 Å². The lowest BCUT2D eigenvalue weighted by Crippen LogP contribution is -2.26. The fourth-order valence-corrected chi connectivity index (χ4v) is 2.55. The zero-order valence-electron chi connectivity index (χ0n) is 14.8. The number of hydrogen-bond donors (Lipinski definition) is 1. The van der Waals surface area contributed by atoms with Crippen molar-refractivity contribution in [2.75, 3.05) is 12.4 Å². The van der Waals surface area contributed by atoms with Gasteiger partial charge >= 0.3 is 0 Å². The van der Waals surface area contributed by atoms with E-state index in [1.54, 1.807) is 18.2 Å². The summed E-state index contributed by atoms with van der Waals surface area (Å²) in [6, 6.07) is 16.0. The Bertz CT molecular complexity index is 1010. The first-order valence-electron chi connectivity index (χ1n) is 8.12. The summed E-state index contributed by atoms with van der Waals surface area (Å²) in [6.07, 6.45) is 0. The molecule has 0 bridgehead atoms.